The Labute approximate surface area is 194 Å². The van der Waals surface area contributed by atoms with Gasteiger partial charge in [0, 0.05) is 19.5 Å². The first-order valence-electron chi connectivity index (χ1n) is 11.3. The lowest BCUT2D eigenvalue weighted by atomic mass is 9.98. The first kappa shape index (κ1) is 24.3. The van der Waals surface area contributed by atoms with Gasteiger partial charge < -0.3 is 20.1 Å². The van der Waals surface area contributed by atoms with Gasteiger partial charge in [-0.25, -0.2) is 4.79 Å². The molecule has 0 saturated heterocycles. The molecule has 2 aromatic rings. The molecule has 7 nitrogen and oxygen atoms in total. The van der Waals surface area contributed by atoms with Crippen LogP contribution < -0.4 is 5.32 Å². The van der Waals surface area contributed by atoms with Gasteiger partial charge in [0.2, 0.25) is 5.91 Å². The van der Waals surface area contributed by atoms with Crippen LogP contribution in [0.2, 0.25) is 0 Å². The van der Waals surface area contributed by atoms with Crippen molar-refractivity contribution in [2.45, 2.75) is 39.2 Å². The summed E-state index contributed by atoms with van der Waals surface area (Å²) in [5.41, 5.74) is 4.51. The van der Waals surface area contributed by atoms with E-state index in [1.54, 1.807) is 14.0 Å². The molecule has 3 rings (SSSR count). The van der Waals surface area contributed by atoms with E-state index < -0.39 is 24.0 Å². The highest BCUT2D eigenvalue weighted by Crippen LogP contribution is 2.44. The lowest BCUT2D eigenvalue weighted by molar-refractivity contribution is -0.143. The first-order valence-corrected chi connectivity index (χ1v) is 11.3. The number of alkyl carbamates (subject to hydrolysis) is 1. The normalized spacial score (nSPS) is 14.2. The Balaban J connectivity index is 1.66. The van der Waals surface area contributed by atoms with E-state index in [4.69, 9.17) is 9.84 Å². The van der Waals surface area contributed by atoms with Crippen LogP contribution in [-0.2, 0) is 14.3 Å². The second-order valence-electron chi connectivity index (χ2n) is 9.11. The third-order valence-electron chi connectivity index (χ3n) is 5.99. The molecule has 1 aliphatic carbocycles. The number of amides is 2. The monoisotopic (exact) mass is 452 g/mol. The van der Waals surface area contributed by atoms with E-state index in [1.807, 2.05) is 50.2 Å². The van der Waals surface area contributed by atoms with Crippen molar-refractivity contribution < 1.29 is 24.2 Å². The molecular formula is C26H32N2O5. The molecule has 33 heavy (non-hydrogen) atoms. The molecule has 176 valence electrons. The third-order valence-corrected chi connectivity index (χ3v) is 5.99. The van der Waals surface area contributed by atoms with Crippen LogP contribution >= 0.6 is 0 Å². The maximum Gasteiger partial charge on any atom is 0.407 e. The zero-order valence-electron chi connectivity index (χ0n) is 19.6. The van der Waals surface area contributed by atoms with Crippen LogP contribution in [0.1, 0.15) is 44.2 Å². The fourth-order valence-electron chi connectivity index (χ4n) is 4.32. The quantitative estimate of drug-likeness (QED) is 0.597. The van der Waals surface area contributed by atoms with Gasteiger partial charge in [0.05, 0.1) is 5.92 Å². The number of carbonyl (C=O) groups excluding carboxylic acids is 2. The van der Waals surface area contributed by atoms with E-state index in [0.29, 0.717) is 6.42 Å². The Morgan fingerprint density at radius 3 is 2.06 bits per heavy atom. The first-order chi connectivity index (χ1) is 15.7. The SMILES string of the molecule is CC(C)C[C@H](NC(=O)OCC1c2ccccc2-c2ccccc21)C(=O)N(C)CC(C)C(=O)O. The van der Waals surface area contributed by atoms with E-state index >= 15 is 0 Å². The predicted octanol–water partition coefficient (Wildman–Crippen LogP) is 4.12. The van der Waals surface area contributed by atoms with E-state index in [2.05, 4.69) is 17.4 Å². The molecule has 0 aliphatic heterocycles. The van der Waals surface area contributed by atoms with Crippen molar-refractivity contribution in [3.8, 4) is 11.1 Å². The highest BCUT2D eigenvalue weighted by atomic mass is 16.5. The largest absolute Gasteiger partial charge is 0.481 e. The summed E-state index contributed by atoms with van der Waals surface area (Å²) in [6.07, 6.45) is -0.231. The summed E-state index contributed by atoms with van der Waals surface area (Å²) in [6.45, 7) is 5.69. The van der Waals surface area contributed by atoms with Crippen molar-refractivity contribution in [3.63, 3.8) is 0 Å². The molecule has 0 heterocycles. The molecule has 1 aliphatic rings. The topological polar surface area (TPSA) is 95.9 Å². The lowest BCUT2D eigenvalue weighted by Crippen LogP contribution is -2.49. The number of carbonyl (C=O) groups is 3. The Hall–Kier alpha value is -3.35. The number of benzene rings is 2. The lowest BCUT2D eigenvalue weighted by Gasteiger charge is -2.27. The minimum absolute atomic E-state index is 0.0646. The van der Waals surface area contributed by atoms with Gasteiger partial charge in [-0.2, -0.15) is 0 Å². The van der Waals surface area contributed by atoms with Crippen LogP contribution in [0, 0.1) is 11.8 Å². The standard InChI is InChI=1S/C26H32N2O5/c1-16(2)13-23(24(29)28(4)14-17(3)25(30)31)27-26(32)33-15-22-20-11-7-5-9-18(20)19-10-6-8-12-21(19)22/h5-12,16-17,22-23H,13-15H2,1-4H3,(H,27,32)(H,30,31)/t17?,23-/m0/s1. The fraction of sp³-hybridized carbons (Fsp3) is 0.423. The number of nitrogens with one attached hydrogen (secondary N) is 1. The fourth-order valence-corrected chi connectivity index (χ4v) is 4.32. The molecular weight excluding hydrogens is 420 g/mol. The highest BCUT2D eigenvalue weighted by molar-refractivity contribution is 5.86. The zero-order chi connectivity index (χ0) is 24.1. The van der Waals surface area contributed by atoms with E-state index in [-0.39, 0.29) is 30.9 Å². The number of ether oxygens (including phenoxy) is 1. The molecule has 7 heteroatoms. The molecule has 0 radical (unpaired) electrons. The molecule has 2 amide bonds. The van der Waals surface area contributed by atoms with Crippen molar-refractivity contribution in [1.82, 2.24) is 10.2 Å². The summed E-state index contributed by atoms with van der Waals surface area (Å²) < 4.78 is 5.59. The molecule has 1 unspecified atom stereocenters. The number of aliphatic carboxylic acids is 1. The average molecular weight is 453 g/mol. The third kappa shape index (κ3) is 5.72. The van der Waals surface area contributed by atoms with Crippen LogP contribution in [0.4, 0.5) is 4.79 Å². The second-order valence-corrected chi connectivity index (χ2v) is 9.11. The van der Waals surface area contributed by atoms with Gasteiger partial charge in [-0.1, -0.05) is 69.3 Å². The van der Waals surface area contributed by atoms with Crippen LogP contribution in [0.5, 0.6) is 0 Å². The number of hydrogen-bond donors (Lipinski definition) is 2. The van der Waals surface area contributed by atoms with Gasteiger partial charge in [0.15, 0.2) is 0 Å². The van der Waals surface area contributed by atoms with Gasteiger partial charge in [-0.3, -0.25) is 9.59 Å². The number of rotatable bonds is 9. The Morgan fingerprint density at radius 2 is 1.55 bits per heavy atom. The summed E-state index contributed by atoms with van der Waals surface area (Å²) in [7, 11) is 1.55. The number of fused-ring (bicyclic) bond motifs is 3. The molecule has 2 N–H and O–H groups in total. The van der Waals surface area contributed by atoms with Crippen molar-refractivity contribution in [1.29, 1.82) is 0 Å². The molecule has 0 saturated carbocycles. The second kappa shape index (κ2) is 10.5. The molecule has 0 spiro atoms. The Kier molecular flexibility index (Phi) is 7.74. The summed E-state index contributed by atoms with van der Waals surface area (Å²) >= 11 is 0. The minimum atomic E-state index is -0.973. The Bertz CT molecular complexity index is 974. The maximum atomic E-state index is 12.9. The molecule has 0 bridgehead atoms. The molecule has 0 fully saturated rings. The van der Waals surface area contributed by atoms with Gasteiger partial charge in [-0.15, -0.1) is 0 Å². The summed E-state index contributed by atoms with van der Waals surface area (Å²) in [4.78, 5) is 38.1. The Morgan fingerprint density at radius 1 is 1.00 bits per heavy atom. The molecule has 2 aromatic carbocycles. The predicted molar refractivity (Wildman–Crippen MR) is 126 cm³/mol. The number of nitrogens with zero attached hydrogens (tertiary/aromatic N) is 1. The van der Waals surface area contributed by atoms with E-state index in [0.717, 1.165) is 22.3 Å². The summed E-state index contributed by atoms with van der Waals surface area (Å²) in [6, 6.07) is 15.4. The minimum Gasteiger partial charge on any atom is -0.481 e. The van der Waals surface area contributed by atoms with E-state index in [1.165, 1.54) is 4.90 Å². The van der Waals surface area contributed by atoms with Gasteiger partial charge >= 0.3 is 12.1 Å². The van der Waals surface area contributed by atoms with Gasteiger partial charge in [0.1, 0.15) is 12.6 Å². The number of carboxylic acid groups (broad SMARTS) is 1. The van der Waals surface area contributed by atoms with Crippen molar-refractivity contribution >= 4 is 18.0 Å². The van der Waals surface area contributed by atoms with Gasteiger partial charge in [0.25, 0.3) is 0 Å². The van der Waals surface area contributed by atoms with Crippen molar-refractivity contribution in [2.75, 3.05) is 20.2 Å². The van der Waals surface area contributed by atoms with Crippen LogP contribution in [0.3, 0.4) is 0 Å². The van der Waals surface area contributed by atoms with Crippen LogP contribution in [0.25, 0.3) is 11.1 Å². The van der Waals surface area contributed by atoms with Crippen LogP contribution in [-0.4, -0.2) is 54.2 Å². The number of carboxylic acids is 1. The molecule has 2 atom stereocenters. The highest BCUT2D eigenvalue weighted by Gasteiger charge is 2.31. The van der Waals surface area contributed by atoms with Crippen molar-refractivity contribution in [3.05, 3.63) is 59.7 Å². The average Bonchev–Trinajstić information content (AvgIpc) is 3.10. The van der Waals surface area contributed by atoms with Crippen LogP contribution in [0.15, 0.2) is 48.5 Å². The smallest absolute Gasteiger partial charge is 0.407 e. The number of likely N-dealkylation sites (N-methyl/N-ethyl adjacent to an activating group) is 1. The summed E-state index contributed by atoms with van der Waals surface area (Å²) in [5.74, 6) is -1.92. The number of hydrogen-bond acceptors (Lipinski definition) is 4. The van der Waals surface area contributed by atoms with Gasteiger partial charge in [-0.05, 0) is 34.6 Å². The molecule has 0 aromatic heterocycles. The van der Waals surface area contributed by atoms with E-state index in [9.17, 15) is 14.4 Å². The summed E-state index contributed by atoms with van der Waals surface area (Å²) in [5, 5.41) is 11.8. The maximum absolute atomic E-state index is 12.9. The zero-order valence-corrected chi connectivity index (χ0v) is 19.6. The van der Waals surface area contributed by atoms with Crippen molar-refractivity contribution in [2.24, 2.45) is 11.8 Å².